The Labute approximate surface area is 184 Å². The van der Waals surface area contributed by atoms with E-state index in [0.29, 0.717) is 41.3 Å². The number of carbonyl (C=O) groups is 3. The van der Waals surface area contributed by atoms with Gasteiger partial charge in [0.25, 0.3) is 11.8 Å². The summed E-state index contributed by atoms with van der Waals surface area (Å²) >= 11 is 0. The zero-order valence-corrected chi connectivity index (χ0v) is 17.2. The van der Waals surface area contributed by atoms with E-state index < -0.39 is 0 Å². The maximum atomic E-state index is 12.5. The number of amides is 3. The van der Waals surface area contributed by atoms with E-state index in [2.05, 4.69) is 44.3 Å². The molecule has 9 heteroatoms. The van der Waals surface area contributed by atoms with Crippen molar-refractivity contribution in [2.75, 3.05) is 11.9 Å². The van der Waals surface area contributed by atoms with Gasteiger partial charge in [-0.05, 0) is 48.5 Å². The highest BCUT2D eigenvalue weighted by Crippen LogP contribution is 2.15. The average molecular weight is 430 g/mol. The van der Waals surface area contributed by atoms with E-state index in [-0.39, 0.29) is 23.4 Å². The van der Waals surface area contributed by atoms with Crippen molar-refractivity contribution in [2.45, 2.75) is 6.42 Å². The molecule has 0 radical (unpaired) electrons. The molecule has 0 unspecified atom stereocenters. The Morgan fingerprint density at radius 2 is 1.81 bits per heavy atom. The highest BCUT2D eigenvalue weighted by atomic mass is 16.2. The second-order valence-corrected chi connectivity index (χ2v) is 6.71. The lowest BCUT2D eigenvalue weighted by atomic mass is 10.1. The second-order valence-electron chi connectivity index (χ2n) is 6.71. The number of aromatic amines is 1. The number of anilines is 1. The zero-order chi connectivity index (χ0) is 22.9. The lowest BCUT2D eigenvalue weighted by molar-refractivity contribution is -0.116. The van der Waals surface area contributed by atoms with Crippen LogP contribution >= 0.6 is 0 Å². The summed E-state index contributed by atoms with van der Waals surface area (Å²) in [4.78, 5) is 40.3. The summed E-state index contributed by atoms with van der Waals surface area (Å²) in [5.74, 6) is -1.000. The first kappa shape index (κ1) is 22.2. The molecule has 0 saturated heterocycles. The van der Waals surface area contributed by atoms with Crippen molar-refractivity contribution in [3.63, 3.8) is 0 Å². The third kappa shape index (κ3) is 5.99. The second kappa shape index (κ2) is 10.5. The Bertz CT molecular complexity index is 1140. The molecule has 0 spiro atoms. The van der Waals surface area contributed by atoms with Crippen molar-refractivity contribution in [3.05, 3.63) is 90.9 Å². The number of hydrogen-bond acceptors (Lipinski definition) is 5. The molecule has 32 heavy (non-hydrogen) atoms. The van der Waals surface area contributed by atoms with Crippen LogP contribution in [0.4, 0.5) is 5.69 Å². The molecule has 0 aliphatic carbocycles. The Balaban J connectivity index is 1.55. The van der Waals surface area contributed by atoms with Gasteiger partial charge in [0.1, 0.15) is 5.69 Å². The number of benzene rings is 1. The van der Waals surface area contributed by atoms with E-state index in [1.807, 2.05) is 0 Å². The van der Waals surface area contributed by atoms with Gasteiger partial charge in [0.15, 0.2) is 0 Å². The summed E-state index contributed by atoms with van der Waals surface area (Å²) in [7, 11) is 0. The molecular weight excluding hydrogens is 408 g/mol. The highest BCUT2D eigenvalue weighted by Gasteiger charge is 2.11. The molecule has 3 rings (SSSR count). The molecule has 2 heterocycles. The number of hydrogen-bond donors (Lipinski definition) is 4. The molecule has 4 N–H and O–H groups in total. The van der Waals surface area contributed by atoms with Gasteiger partial charge in [-0.2, -0.15) is 5.10 Å². The minimum absolute atomic E-state index is 0.249. The van der Waals surface area contributed by atoms with E-state index >= 15 is 0 Å². The van der Waals surface area contributed by atoms with E-state index in [4.69, 9.17) is 0 Å². The van der Waals surface area contributed by atoms with Crippen LogP contribution in [0.1, 0.15) is 27.3 Å². The molecule has 3 aromatic rings. The molecule has 0 atom stereocenters. The van der Waals surface area contributed by atoms with Gasteiger partial charge >= 0.3 is 0 Å². The quantitative estimate of drug-likeness (QED) is 0.388. The smallest absolute Gasteiger partial charge is 0.274 e. The molecule has 9 nitrogen and oxygen atoms in total. The lowest BCUT2D eigenvalue weighted by Crippen LogP contribution is -2.27. The average Bonchev–Trinajstić information content (AvgIpc) is 3.34. The van der Waals surface area contributed by atoms with Gasteiger partial charge in [-0.25, -0.2) is 4.98 Å². The molecule has 0 bridgehead atoms. The third-order valence-electron chi connectivity index (χ3n) is 4.37. The van der Waals surface area contributed by atoms with Crippen molar-refractivity contribution >= 4 is 23.4 Å². The lowest BCUT2D eigenvalue weighted by Gasteiger charge is -2.10. The van der Waals surface area contributed by atoms with Crippen LogP contribution in [0.15, 0.2) is 79.7 Å². The molecule has 0 saturated carbocycles. The van der Waals surface area contributed by atoms with E-state index in [1.54, 1.807) is 54.7 Å². The van der Waals surface area contributed by atoms with Crippen LogP contribution in [0.5, 0.6) is 0 Å². The van der Waals surface area contributed by atoms with Gasteiger partial charge in [0, 0.05) is 36.1 Å². The van der Waals surface area contributed by atoms with E-state index in [0.717, 1.165) is 0 Å². The summed E-state index contributed by atoms with van der Waals surface area (Å²) in [6.07, 6.45) is 3.18. The Morgan fingerprint density at radius 1 is 1.03 bits per heavy atom. The maximum absolute atomic E-state index is 12.5. The van der Waals surface area contributed by atoms with Gasteiger partial charge in [0.2, 0.25) is 5.91 Å². The number of aromatic nitrogens is 3. The minimum Gasteiger partial charge on any atom is -0.352 e. The number of H-pyrrole nitrogens is 1. The maximum Gasteiger partial charge on any atom is 0.274 e. The van der Waals surface area contributed by atoms with Gasteiger partial charge in [0.05, 0.1) is 11.4 Å². The zero-order valence-electron chi connectivity index (χ0n) is 17.2. The number of carbonyl (C=O) groups excluding carboxylic acids is 3. The molecule has 0 aliphatic heterocycles. The fourth-order valence-corrected chi connectivity index (χ4v) is 2.71. The van der Waals surface area contributed by atoms with Crippen LogP contribution in [-0.4, -0.2) is 39.4 Å². The Morgan fingerprint density at radius 3 is 2.50 bits per heavy atom. The first-order valence-electron chi connectivity index (χ1n) is 9.74. The van der Waals surface area contributed by atoms with Gasteiger partial charge in [-0.1, -0.05) is 19.2 Å². The van der Waals surface area contributed by atoms with Crippen LogP contribution in [0, 0.1) is 0 Å². The molecule has 1 aromatic carbocycles. The van der Waals surface area contributed by atoms with Crippen LogP contribution in [0.25, 0.3) is 11.4 Å². The molecule has 3 amide bonds. The van der Waals surface area contributed by atoms with Gasteiger partial charge in [-0.15, -0.1) is 0 Å². The number of pyridine rings is 1. The first-order valence-corrected chi connectivity index (χ1v) is 9.74. The van der Waals surface area contributed by atoms with Crippen LogP contribution in [0.2, 0.25) is 0 Å². The van der Waals surface area contributed by atoms with Crippen molar-refractivity contribution in [3.8, 4) is 11.4 Å². The largest absolute Gasteiger partial charge is 0.352 e. The van der Waals surface area contributed by atoms with E-state index in [9.17, 15) is 14.4 Å². The fourth-order valence-electron chi connectivity index (χ4n) is 2.71. The number of nitrogens with zero attached hydrogens (tertiary/aromatic N) is 2. The van der Waals surface area contributed by atoms with Crippen molar-refractivity contribution in [1.29, 1.82) is 0 Å². The molecule has 162 valence electrons. The molecule has 2 aromatic heterocycles. The summed E-state index contributed by atoms with van der Waals surface area (Å²) < 4.78 is 0. The van der Waals surface area contributed by atoms with Crippen LogP contribution in [-0.2, 0) is 4.79 Å². The van der Waals surface area contributed by atoms with Crippen molar-refractivity contribution in [1.82, 2.24) is 25.8 Å². The fraction of sp³-hybridized carbons (Fsp3) is 0.0870. The minimum atomic E-state index is -0.376. The summed E-state index contributed by atoms with van der Waals surface area (Å²) in [5.41, 5.74) is 2.95. The highest BCUT2D eigenvalue weighted by molar-refractivity contribution is 6.03. The van der Waals surface area contributed by atoms with E-state index in [1.165, 1.54) is 6.08 Å². The predicted molar refractivity (Wildman–Crippen MR) is 121 cm³/mol. The summed E-state index contributed by atoms with van der Waals surface area (Å²) in [6.45, 7) is 7.48. The third-order valence-corrected chi connectivity index (χ3v) is 4.37. The van der Waals surface area contributed by atoms with Gasteiger partial charge < -0.3 is 16.0 Å². The monoisotopic (exact) mass is 430 g/mol. The van der Waals surface area contributed by atoms with Crippen molar-refractivity contribution < 1.29 is 14.4 Å². The van der Waals surface area contributed by atoms with Crippen LogP contribution in [0.3, 0.4) is 0 Å². The van der Waals surface area contributed by atoms with Gasteiger partial charge in [-0.3, -0.25) is 19.5 Å². The summed E-state index contributed by atoms with van der Waals surface area (Å²) in [6, 6.07) is 13.3. The number of nitrogens with one attached hydrogen (secondary N) is 4. The first-order chi connectivity index (χ1) is 15.5. The summed E-state index contributed by atoms with van der Waals surface area (Å²) in [5, 5.41) is 14.7. The molecular formula is C23H22N6O3. The topological polar surface area (TPSA) is 129 Å². The van der Waals surface area contributed by atoms with Crippen molar-refractivity contribution in [2.24, 2.45) is 0 Å². The number of rotatable bonds is 9. The SMILES string of the molecule is C=CC(=O)NCCC(=C)NC(=O)c1ccc(NC(=O)c2cccc(-c3ccn[nH]3)n2)cc1. The standard InChI is InChI=1S/C23H22N6O3/c1-3-21(30)24-13-11-15(2)26-22(31)16-7-9-17(10-8-16)27-23(32)20-6-4-5-18(28-20)19-12-14-25-29-19/h3-10,12,14H,1-2,11,13H2,(H,24,30)(H,25,29)(H,26,31)(H,27,32). The normalized spacial score (nSPS) is 10.1. The molecule has 0 aliphatic rings. The Hall–Kier alpha value is -4.53. The van der Waals surface area contributed by atoms with Crippen LogP contribution < -0.4 is 16.0 Å². The predicted octanol–water partition coefficient (Wildman–Crippen LogP) is 2.66. The Kier molecular flexibility index (Phi) is 7.26. The molecule has 0 fully saturated rings.